The van der Waals surface area contributed by atoms with Gasteiger partial charge in [0.15, 0.2) is 0 Å². The van der Waals surface area contributed by atoms with Crippen LogP contribution in [-0.4, -0.2) is 31.9 Å². The van der Waals surface area contributed by atoms with Crippen molar-refractivity contribution in [3.05, 3.63) is 22.7 Å². The number of hydrogen-bond acceptors (Lipinski definition) is 4. The zero-order chi connectivity index (χ0) is 16.4. The largest absolute Gasteiger partial charge is 0.573 e. The number of carboxylic acid groups (broad SMARTS) is 1. The van der Waals surface area contributed by atoms with Crippen molar-refractivity contribution in [2.24, 2.45) is 0 Å². The minimum Gasteiger partial charge on any atom is -0.480 e. The maximum absolute atomic E-state index is 12.0. The molecule has 1 atom stereocenters. The number of aliphatic carboxylic acids is 1. The maximum atomic E-state index is 12.0. The third-order valence-electron chi connectivity index (χ3n) is 2.13. The van der Waals surface area contributed by atoms with Crippen LogP contribution in [0.2, 0.25) is 0 Å². The van der Waals surface area contributed by atoms with Crippen LogP contribution in [0.3, 0.4) is 0 Å². The van der Waals surface area contributed by atoms with E-state index in [2.05, 4.69) is 20.7 Å². The summed E-state index contributed by atoms with van der Waals surface area (Å²) in [6, 6.07) is 1.08. The molecule has 0 spiro atoms. The van der Waals surface area contributed by atoms with Crippen LogP contribution in [0.25, 0.3) is 0 Å². The first-order valence-electron chi connectivity index (χ1n) is 5.23. The maximum Gasteiger partial charge on any atom is 0.573 e. The van der Waals surface area contributed by atoms with Crippen molar-refractivity contribution in [1.29, 1.82) is 0 Å². The van der Waals surface area contributed by atoms with Gasteiger partial charge in [-0.3, -0.25) is 4.79 Å². The van der Waals surface area contributed by atoms with E-state index in [4.69, 9.17) is 5.11 Å². The van der Waals surface area contributed by atoms with Gasteiger partial charge in [-0.2, -0.15) is 4.72 Å². The van der Waals surface area contributed by atoms with Crippen molar-refractivity contribution in [1.82, 2.24) is 4.72 Å². The number of hydrogen-bond donors (Lipinski definition) is 2. The molecule has 0 aliphatic carbocycles. The second-order valence-corrected chi connectivity index (χ2v) is 6.36. The molecule has 0 unspecified atom stereocenters. The van der Waals surface area contributed by atoms with E-state index in [1.807, 2.05) is 4.72 Å². The second kappa shape index (κ2) is 6.20. The summed E-state index contributed by atoms with van der Waals surface area (Å²) in [6.07, 6.45) is -4.91. The Morgan fingerprint density at radius 2 is 2.00 bits per heavy atom. The van der Waals surface area contributed by atoms with Crippen LogP contribution in [0.5, 0.6) is 5.75 Å². The minimum atomic E-state index is -4.91. The summed E-state index contributed by atoms with van der Waals surface area (Å²) < 4.78 is 65.2. The second-order valence-electron chi connectivity index (χ2n) is 3.82. The number of sulfonamides is 1. The third-order valence-corrected chi connectivity index (χ3v) is 4.65. The van der Waals surface area contributed by atoms with E-state index in [-0.39, 0.29) is 4.47 Å². The number of halogens is 4. The molecule has 0 radical (unpaired) electrons. The highest BCUT2D eigenvalue weighted by atomic mass is 79.9. The number of rotatable bonds is 5. The zero-order valence-corrected chi connectivity index (χ0v) is 12.7. The Balaban J connectivity index is 3.07. The molecule has 0 amide bonds. The summed E-state index contributed by atoms with van der Waals surface area (Å²) in [5, 5.41) is 8.65. The van der Waals surface area contributed by atoms with E-state index in [0.717, 1.165) is 25.1 Å². The van der Waals surface area contributed by atoms with E-state index in [1.54, 1.807) is 0 Å². The highest BCUT2D eigenvalue weighted by Crippen LogP contribution is 2.30. The van der Waals surface area contributed by atoms with Crippen LogP contribution in [0.1, 0.15) is 6.92 Å². The van der Waals surface area contributed by atoms with Crippen LogP contribution in [-0.2, 0) is 14.8 Å². The van der Waals surface area contributed by atoms with Gasteiger partial charge >= 0.3 is 12.3 Å². The van der Waals surface area contributed by atoms with Crippen molar-refractivity contribution < 1.29 is 36.2 Å². The SMILES string of the molecule is C[C@@H](NS(=O)(=O)c1ccc(OC(F)(F)F)cc1Br)C(=O)O. The lowest BCUT2D eigenvalue weighted by molar-refractivity contribution is -0.274. The van der Waals surface area contributed by atoms with E-state index in [9.17, 15) is 26.4 Å². The number of nitrogens with one attached hydrogen (secondary N) is 1. The molecule has 0 aromatic heterocycles. The molecule has 0 bridgehead atoms. The molecule has 21 heavy (non-hydrogen) atoms. The summed E-state index contributed by atoms with van der Waals surface area (Å²) in [7, 11) is -4.21. The Morgan fingerprint density at radius 1 is 1.43 bits per heavy atom. The average molecular weight is 392 g/mol. The molecule has 0 aliphatic heterocycles. The molecule has 0 saturated heterocycles. The molecular weight excluding hydrogens is 383 g/mol. The van der Waals surface area contributed by atoms with Gasteiger partial charge in [-0.25, -0.2) is 8.42 Å². The summed E-state index contributed by atoms with van der Waals surface area (Å²) in [6.45, 7) is 1.11. The molecule has 0 saturated carbocycles. The van der Waals surface area contributed by atoms with Gasteiger partial charge in [-0.05, 0) is 41.1 Å². The first kappa shape index (κ1) is 17.7. The Morgan fingerprint density at radius 3 is 2.43 bits per heavy atom. The topological polar surface area (TPSA) is 92.7 Å². The zero-order valence-electron chi connectivity index (χ0n) is 10.3. The Bertz CT molecular complexity index is 647. The number of ether oxygens (including phenoxy) is 1. The Kier molecular flexibility index (Phi) is 5.23. The van der Waals surface area contributed by atoms with Gasteiger partial charge in [0.05, 0.1) is 4.90 Å². The molecule has 118 valence electrons. The lowest BCUT2D eigenvalue weighted by Crippen LogP contribution is -2.38. The van der Waals surface area contributed by atoms with Crippen molar-refractivity contribution in [3.63, 3.8) is 0 Å². The predicted molar refractivity (Wildman–Crippen MR) is 68.2 cm³/mol. The molecule has 0 aliphatic rings. The third kappa shape index (κ3) is 5.17. The van der Waals surface area contributed by atoms with Crippen LogP contribution in [0, 0.1) is 0 Å². The summed E-state index contributed by atoms with van der Waals surface area (Å²) in [5.74, 6) is -2.01. The molecule has 1 aromatic carbocycles. The number of carboxylic acids is 1. The fourth-order valence-corrected chi connectivity index (χ4v) is 3.50. The summed E-state index contributed by atoms with van der Waals surface area (Å²) in [4.78, 5) is 10.2. The quantitative estimate of drug-likeness (QED) is 0.801. The molecule has 0 heterocycles. The van der Waals surface area contributed by atoms with E-state index >= 15 is 0 Å². The van der Waals surface area contributed by atoms with Crippen LogP contribution < -0.4 is 9.46 Å². The summed E-state index contributed by atoms with van der Waals surface area (Å²) >= 11 is 2.80. The predicted octanol–water partition coefficient (Wildman–Crippen LogP) is 2.10. The molecule has 0 fully saturated rings. The Hall–Kier alpha value is -1.33. The standard InChI is InChI=1S/C10H9BrF3NO5S/c1-5(9(16)17)15-21(18,19)8-3-2-6(4-7(8)11)20-10(12,13)14/h2-5,15H,1H3,(H,16,17)/t5-/m1/s1. The smallest absolute Gasteiger partial charge is 0.480 e. The number of alkyl halides is 3. The van der Waals surface area contributed by atoms with Gasteiger partial charge in [0.1, 0.15) is 11.8 Å². The van der Waals surface area contributed by atoms with Crippen LogP contribution >= 0.6 is 15.9 Å². The van der Waals surface area contributed by atoms with Gasteiger partial charge in [0.25, 0.3) is 0 Å². The van der Waals surface area contributed by atoms with Crippen LogP contribution in [0.15, 0.2) is 27.6 Å². The first-order valence-corrected chi connectivity index (χ1v) is 7.50. The number of benzene rings is 1. The fraction of sp³-hybridized carbons (Fsp3) is 0.300. The molecular formula is C10H9BrF3NO5S. The lowest BCUT2D eigenvalue weighted by atomic mass is 10.3. The van der Waals surface area contributed by atoms with E-state index in [0.29, 0.717) is 0 Å². The number of carbonyl (C=O) groups is 1. The highest BCUT2D eigenvalue weighted by Gasteiger charge is 2.32. The van der Waals surface area contributed by atoms with Crippen molar-refractivity contribution in [3.8, 4) is 5.75 Å². The van der Waals surface area contributed by atoms with Gasteiger partial charge < -0.3 is 9.84 Å². The monoisotopic (exact) mass is 391 g/mol. The van der Waals surface area contributed by atoms with Gasteiger partial charge in [-0.15, -0.1) is 13.2 Å². The van der Waals surface area contributed by atoms with Gasteiger partial charge in [-0.1, -0.05) is 0 Å². The molecule has 11 heteroatoms. The lowest BCUT2D eigenvalue weighted by Gasteiger charge is -2.13. The van der Waals surface area contributed by atoms with Crippen molar-refractivity contribution >= 4 is 31.9 Å². The van der Waals surface area contributed by atoms with Crippen molar-refractivity contribution in [2.45, 2.75) is 24.2 Å². The molecule has 2 N–H and O–H groups in total. The minimum absolute atomic E-state index is 0.200. The van der Waals surface area contributed by atoms with Crippen molar-refractivity contribution in [2.75, 3.05) is 0 Å². The van der Waals surface area contributed by atoms with Gasteiger partial charge in [0.2, 0.25) is 10.0 Å². The summed E-state index contributed by atoms with van der Waals surface area (Å²) in [5.41, 5.74) is 0. The molecule has 1 aromatic rings. The highest BCUT2D eigenvalue weighted by molar-refractivity contribution is 9.10. The van der Waals surface area contributed by atoms with E-state index in [1.165, 1.54) is 0 Å². The molecule has 1 rings (SSSR count). The first-order chi connectivity index (χ1) is 9.42. The Labute approximate surface area is 126 Å². The van der Waals surface area contributed by atoms with Crippen LogP contribution in [0.4, 0.5) is 13.2 Å². The molecule has 6 nitrogen and oxygen atoms in total. The van der Waals surface area contributed by atoms with E-state index < -0.39 is 39.0 Å². The normalized spacial score (nSPS) is 13.8. The average Bonchev–Trinajstić information content (AvgIpc) is 2.25. The fourth-order valence-electron chi connectivity index (χ4n) is 1.24. The van der Waals surface area contributed by atoms with Gasteiger partial charge in [0, 0.05) is 4.47 Å².